The highest BCUT2D eigenvalue weighted by Gasteiger charge is 2.07. The molecule has 0 radical (unpaired) electrons. The lowest BCUT2D eigenvalue weighted by atomic mass is 10.00. The van der Waals surface area contributed by atoms with Gasteiger partial charge in [0.1, 0.15) is 0 Å². The molecule has 0 atom stereocenters. The van der Waals surface area contributed by atoms with Gasteiger partial charge in [0.25, 0.3) is 0 Å². The summed E-state index contributed by atoms with van der Waals surface area (Å²) in [5, 5.41) is 4.94. The van der Waals surface area contributed by atoms with Crippen LogP contribution in [0.5, 0.6) is 0 Å². The summed E-state index contributed by atoms with van der Waals surface area (Å²) < 4.78 is 0. The van der Waals surface area contributed by atoms with Crippen LogP contribution in [0.25, 0.3) is 11.1 Å². The Morgan fingerprint density at radius 2 is 1.72 bits per heavy atom. The summed E-state index contributed by atoms with van der Waals surface area (Å²) in [6, 6.07) is 11.4. The van der Waals surface area contributed by atoms with Gasteiger partial charge in [0.2, 0.25) is 0 Å². The van der Waals surface area contributed by atoms with Crippen molar-refractivity contribution in [1.82, 2.24) is 5.32 Å². The van der Waals surface area contributed by atoms with Crippen LogP contribution in [0.1, 0.15) is 5.56 Å². The lowest BCUT2D eigenvalue weighted by molar-refractivity contribution is 0.819. The predicted molar refractivity (Wildman–Crippen MR) is 79.7 cm³/mol. The number of benzene rings is 2. The Kier molecular flexibility index (Phi) is 4.52. The first-order valence-corrected chi connectivity index (χ1v) is 6.63. The molecule has 0 bridgehead atoms. The van der Waals surface area contributed by atoms with E-state index < -0.39 is 0 Å². The first kappa shape index (κ1) is 13.7. The molecule has 0 unspecified atom stereocenters. The van der Waals surface area contributed by atoms with Gasteiger partial charge in [-0.2, -0.15) is 0 Å². The van der Waals surface area contributed by atoms with Crippen LogP contribution in [0.15, 0.2) is 36.4 Å². The zero-order valence-electron chi connectivity index (χ0n) is 9.81. The van der Waals surface area contributed by atoms with Gasteiger partial charge in [0.15, 0.2) is 0 Å². The van der Waals surface area contributed by atoms with Crippen LogP contribution in [-0.2, 0) is 6.54 Å². The van der Waals surface area contributed by atoms with Crippen molar-refractivity contribution < 1.29 is 0 Å². The second kappa shape index (κ2) is 5.94. The topological polar surface area (TPSA) is 12.0 Å². The molecule has 2 aromatic rings. The van der Waals surface area contributed by atoms with E-state index in [0.29, 0.717) is 15.1 Å². The van der Waals surface area contributed by atoms with Crippen LogP contribution in [0.4, 0.5) is 0 Å². The molecule has 0 heterocycles. The van der Waals surface area contributed by atoms with Crippen LogP contribution in [0.3, 0.4) is 0 Å². The van der Waals surface area contributed by atoms with Crippen molar-refractivity contribution >= 4 is 34.8 Å². The van der Waals surface area contributed by atoms with E-state index in [4.69, 9.17) is 34.8 Å². The maximum Gasteiger partial charge on any atom is 0.0598 e. The van der Waals surface area contributed by atoms with Crippen molar-refractivity contribution in [3.05, 3.63) is 57.0 Å². The Labute approximate surface area is 122 Å². The highest BCUT2D eigenvalue weighted by atomic mass is 35.5. The monoisotopic (exact) mass is 299 g/mol. The molecule has 2 rings (SSSR count). The Morgan fingerprint density at radius 3 is 2.39 bits per heavy atom. The first-order valence-electron chi connectivity index (χ1n) is 5.50. The Hall–Kier alpha value is -0.730. The fraction of sp³-hybridized carbons (Fsp3) is 0.143. The molecule has 1 N–H and O–H groups in total. The molecule has 94 valence electrons. The van der Waals surface area contributed by atoms with Gasteiger partial charge in [-0.3, -0.25) is 0 Å². The lowest BCUT2D eigenvalue weighted by Crippen LogP contribution is -2.06. The van der Waals surface area contributed by atoms with Crippen LogP contribution in [0, 0.1) is 0 Å². The van der Waals surface area contributed by atoms with E-state index in [1.54, 1.807) is 6.07 Å². The summed E-state index contributed by atoms with van der Waals surface area (Å²) in [6.45, 7) is 0.771. The van der Waals surface area contributed by atoms with E-state index in [1.165, 1.54) is 5.56 Å². The third kappa shape index (κ3) is 2.99. The molecule has 0 fully saturated rings. The van der Waals surface area contributed by atoms with Gasteiger partial charge in [-0.15, -0.1) is 0 Å². The summed E-state index contributed by atoms with van der Waals surface area (Å²) in [4.78, 5) is 0. The van der Waals surface area contributed by atoms with Crippen LogP contribution in [-0.4, -0.2) is 7.05 Å². The van der Waals surface area contributed by atoms with E-state index in [0.717, 1.165) is 17.7 Å². The predicted octanol–water partition coefficient (Wildman–Crippen LogP) is 5.03. The number of rotatable bonds is 3. The third-order valence-corrected chi connectivity index (χ3v) is 3.64. The minimum absolute atomic E-state index is 0.546. The summed E-state index contributed by atoms with van der Waals surface area (Å²) in [7, 11) is 1.91. The Bertz CT molecular complexity index is 567. The number of halogens is 3. The molecular formula is C14H12Cl3N. The fourth-order valence-corrected chi connectivity index (χ4v) is 2.30. The average Bonchev–Trinajstić information content (AvgIpc) is 2.35. The molecule has 0 spiro atoms. The molecule has 0 saturated carbocycles. The molecule has 4 heteroatoms. The standard InChI is InChI=1S/C14H12Cl3N/c1-18-8-10-2-4-11(15)7-12(10)9-3-5-13(16)14(17)6-9/h2-7,18H,8H2,1H3. The molecule has 0 amide bonds. The normalized spacial score (nSPS) is 10.7. The minimum atomic E-state index is 0.546. The van der Waals surface area contributed by atoms with Crippen LogP contribution in [0.2, 0.25) is 15.1 Å². The summed E-state index contributed by atoms with van der Waals surface area (Å²) in [5.41, 5.74) is 3.24. The first-order chi connectivity index (χ1) is 8.61. The quantitative estimate of drug-likeness (QED) is 0.838. The summed E-state index contributed by atoms with van der Waals surface area (Å²) in [5.74, 6) is 0. The van der Waals surface area contributed by atoms with Gasteiger partial charge in [0.05, 0.1) is 10.0 Å². The highest BCUT2D eigenvalue weighted by Crippen LogP contribution is 2.32. The SMILES string of the molecule is CNCc1ccc(Cl)cc1-c1ccc(Cl)c(Cl)c1. The number of hydrogen-bond donors (Lipinski definition) is 1. The van der Waals surface area contributed by atoms with Crippen molar-refractivity contribution in [2.75, 3.05) is 7.05 Å². The van der Waals surface area contributed by atoms with E-state index in [2.05, 4.69) is 5.32 Å². The second-order valence-electron chi connectivity index (χ2n) is 3.96. The van der Waals surface area contributed by atoms with E-state index in [-0.39, 0.29) is 0 Å². The van der Waals surface area contributed by atoms with Gasteiger partial charge in [0, 0.05) is 11.6 Å². The van der Waals surface area contributed by atoms with Gasteiger partial charge < -0.3 is 5.32 Å². The zero-order valence-corrected chi connectivity index (χ0v) is 12.1. The molecule has 0 aromatic heterocycles. The molecular weight excluding hydrogens is 289 g/mol. The molecule has 0 saturated heterocycles. The molecule has 18 heavy (non-hydrogen) atoms. The summed E-state index contributed by atoms with van der Waals surface area (Å²) >= 11 is 18.0. The van der Waals surface area contributed by atoms with Crippen molar-refractivity contribution in [2.45, 2.75) is 6.54 Å². The molecule has 0 aliphatic carbocycles. The van der Waals surface area contributed by atoms with Crippen molar-refractivity contribution in [3.8, 4) is 11.1 Å². The third-order valence-electron chi connectivity index (χ3n) is 2.67. The number of hydrogen-bond acceptors (Lipinski definition) is 1. The lowest BCUT2D eigenvalue weighted by Gasteiger charge is -2.11. The van der Waals surface area contributed by atoms with Gasteiger partial charge >= 0.3 is 0 Å². The van der Waals surface area contributed by atoms with Crippen molar-refractivity contribution in [2.24, 2.45) is 0 Å². The van der Waals surface area contributed by atoms with Crippen LogP contribution >= 0.6 is 34.8 Å². The second-order valence-corrected chi connectivity index (χ2v) is 5.21. The maximum absolute atomic E-state index is 6.06. The van der Waals surface area contributed by atoms with Crippen molar-refractivity contribution in [1.29, 1.82) is 0 Å². The summed E-state index contributed by atoms with van der Waals surface area (Å²) in [6.07, 6.45) is 0. The maximum atomic E-state index is 6.06. The Balaban J connectivity index is 2.54. The van der Waals surface area contributed by atoms with Crippen LogP contribution < -0.4 is 5.32 Å². The van der Waals surface area contributed by atoms with Gasteiger partial charge in [-0.05, 0) is 48.0 Å². The number of nitrogens with one attached hydrogen (secondary N) is 1. The minimum Gasteiger partial charge on any atom is -0.316 e. The molecule has 1 nitrogen and oxygen atoms in total. The molecule has 2 aromatic carbocycles. The smallest absolute Gasteiger partial charge is 0.0598 e. The average molecular weight is 301 g/mol. The van der Waals surface area contributed by atoms with E-state index in [9.17, 15) is 0 Å². The Morgan fingerprint density at radius 1 is 0.944 bits per heavy atom. The highest BCUT2D eigenvalue weighted by molar-refractivity contribution is 6.42. The zero-order chi connectivity index (χ0) is 13.1. The van der Waals surface area contributed by atoms with Gasteiger partial charge in [-0.25, -0.2) is 0 Å². The molecule has 0 aliphatic rings. The van der Waals surface area contributed by atoms with Gasteiger partial charge in [-0.1, -0.05) is 46.9 Å². The fourth-order valence-electron chi connectivity index (χ4n) is 1.83. The van der Waals surface area contributed by atoms with Crippen molar-refractivity contribution in [3.63, 3.8) is 0 Å². The molecule has 0 aliphatic heterocycles. The largest absolute Gasteiger partial charge is 0.316 e. The van der Waals surface area contributed by atoms with E-state index in [1.807, 2.05) is 37.4 Å². The van der Waals surface area contributed by atoms with E-state index >= 15 is 0 Å².